The van der Waals surface area contributed by atoms with Gasteiger partial charge in [0, 0.05) is 12.8 Å². The number of likely N-dealkylation sites (N-methyl/N-ethyl adjacent to an activating group) is 1. The van der Waals surface area contributed by atoms with Crippen LogP contribution in [0.15, 0.2) is 85.1 Å². The summed E-state index contributed by atoms with van der Waals surface area (Å²) in [6.45, 7) is 6.68. The monoisotopic (exact) mass is 1050 g/mol. The zero-order valence-electron chi connectivity index (χ0n) is 48.8. The van der Waals surface area contributed by atoms with Gasteiger partial charge in [-0.3, -0.25) is 14.2 Å². The van der Waals surface area contributed by atoms with Crippen molar-refractivity contribution in [1.82, 2.24) is 5.32 Å². The van der Waals surface area contributed by atoms with E-state index in [2.05, 4.69) is 38.2 Å². The summed E-state index contributed by atoms with van der Waals surface area (Å²) < 4.78 is 30.3. The Labute approximate surface area is 456 Å². The van der Waals surface area contributed by atoms with Crippen LogP contribution in [0, 0.1) is 0 Å². The highest BCUT2D eigenvalue weighted by Crippen LogP contribution is 2.38. The van der Waals surface area contributed by atoms with E-state index >= 15 is 0 Å². The maximum absolute atomic E-state index is 13.5. The van der Waals surface area contributed by atoms with E-state index in [1.807, 2.05) is 94.1 Å². The number of hydrogen-bond acceptors (Lipinski definition) is 7. The molecule has 0 heterocycles. The fraction of sp³-hybridized carbons (Fsp3) is 0.750. The van der Waals surface area contributed by atoms with Crippen molar-refractivity contribution in [2.24, 2.45) is 0 Å². The second-order valence-corrected chi connectivity index (χ2v) is 23.0. The minimum atomic E-state index is -4.71. The molecule has 10 heteroatoms. The topological polar surface area (TPSA) is 114 Å². The van der Waals surface area contributed by atoms with Gasteiger partial charge in [-0.15, -0.1) is 0 Å². The highest BCUT2D eigenvalue weighted by Gasteiger charge is 2.27. The lowest BCUT2D eigenvalue weighted by atomic mass is 10.0. The summed E-state index contributed by atoms with van der Waals surface area (Å²) in [5, 5.41) is 3.02. The summed E-state index contributed by atoms with van der Waals surface area (Å²) in [6, 6.07) is -0.908. The smallest absolute Gasteiger partial charge is 0.306 e. The van der Waals surface area contributed by atoms with Crippen molar-refractivity contribution in [2.45, 2.75) is 270 Å². The van der Waals surface area contributed by atoms with Gasteiger partial charge in [-0.1, -0.05) is 280 Å². The molecule has 1 amide bonds. The first kappa shape index (κ1) is 71.2. The first-order valence-electron chi connectivity index (χ1n) is 30.5. The number of carbonyl (C=O) groups is 2. The molecular formula is C64H115N2O7P. The maximum Gasteiger partial charge on any atom is 0.306 e. The average Bonchev–Trinajstić information content (AvgIpc) is 3.36. The molecule has 0 saturated carbocycles. The van der Waals surface area contributed by atoms with E-state index in [9.17, 15) is 19.0 Å². The predicted molar refractivity (Wildman–Crippen MR) is 316 cm³/mol. The first-order valence-corrected chi connectivity index (χ1v) is 31.9. The van der Waals surface area contributed by atoms with Gasteiger partial charge in [0.2, 0.25) is 5.91 Å². The van der Waals surface area contributed by atoms with Crippen LogP contribution in [-0.2, 0) is 27.9 Å². The Balaban J connectivity index is 5.34. The van der Waals surface area contributed by atoms with Crippen molar-refractivity contribution in [3.63, 3.8) is 0 Å². The van der Waals surface area contributed by atoms with Gasteiger partial charge in [0.25, 0.3) is 7.82 Å². The molecule has 0 rings (SSSR count). The number of carbonyl (C=O) groups excluding carboxylic acids is 2. The third-order valence-electron chi connectivity index (χ3n) is 13.3. The molecule has 0 aromatic rings. The van der Waals surface area contributed by atoms with Gasteiger partial charge in [-0.05, 0) is 51.0 Å². The van der Waals surface area contributed by atoms with E-state index in [0.717, 1.165) is 64.2 Å². The quantitative estimate of drug-likeness (QED) is 0.0161. The average molecular weight is 1060 g/mol. The number of quaternary nitrogens is 1. The number of hydrogen-bond donors (Lipinski definition) is 1. The van der Waals surface area contributed by atoms with Crippen LogP contribution in [0.5, 0.6) is 0 Å². The zero-order chi connectivity index (χ0) is 54.3. The van der Waals surface area contributed by atoms with Crippen molar-refractivity contribution in [1.29, 1.82) is 0 Å². The zero-order valence-corrected chi connectivity index (χ0v) is 49.7. The van der Waals surface area contributed by atoms with Crippen LogP contribution in [0.25, 0.3) is 0 Å². The largest absolute Gasteiger partial charge is 0.756 e. The van der Waals surface area contributed by atoms with Crippen molar-refractivity contribution in [2.75, 3.05) is 40.9 Å². The second kappa shape index (κ2) is 53.6. The molecule has 74 heavy (non-hydrogen) atoms. The molecule has 0 aliphatic carbocycles. The van der Waals surface area contributed by atoms with Gasteiger partial charge in [0.1, 0.15) is 19.3 Å². The normalized spacial score (nSPS) is 14.3. The number of ether oxygens (including phenoxy) is 1. The van der Waals surface area contributed by atoms with Crippen molar-refractivity contribution in [3.8, 4) is 0 Å². The number of phosphoric ester groups is 1. The molecule has 0 saturated heterocycles. The SMILES string of the molecule is CC\C=C/C=C/C=C/C=C\C=C\C=C\CCCCCC(=O)OC(/C=C/CCCCCCCCCCCC)C(COP(=O)([O-])OCC[N+](C)(C)C)NC(=O)CCCCCCCCCCCCCCCCCCCCC. The van der Waals surface area contributed by atoms with E-state index in [1.165, 1.54) is 154 Å². The molecule has 1 N–H and O–H groups in total. The van der Waals surface area contributed by atoms with Gasteiger partial charge in [-0.25, -0.2) is 0 Å². The van der Waals surface area contributed by atoms with E-state index in [1.54, 1.807) is 0 Å². The number of allylic oxidation sites excluding steroid dienone is 13. The number of amides is 1. The Hall–Kier alpha value is -2.81. The highest BCUT2D eigenvalue weighted by atomic mass is 31.2. The molecule has 0 fully saturated rings. The number of esters is 1. The van der Waals surface area contributed by atoms with E-state index < -0.39 is 26.6 Å². The minimum Gasteiger partial charge on any atom is -0.756 e. The predicted octanol–water partition coefficient (Wildman–Crippen LogP) is 18.0. The molecular weight excluding hydrogens is 940 g/mol. The van der Waals surface area contributed by atoms with E-state index in [0.29, 0.717) is 23.9 Å². The van der Waals surface area contributed by atoms with Crippen LogP contribution in [0.3, 0.4) is 0 Å². The van der Waals surface area contributed by atoms with Gasteiger partial charge < -0.3 is 28.5 Å². The molecule has 3 unspecified atom stereocenters. The lowest BCUT2D eigenvalue weighted by molar-refractivity contribution is -0.870. The molecule has 0 aliphatic rings. The lowest BCUT2D eigenvalue weighted by Gasteiger charge is -2.30. The van der Waals surface area contributed by atoms with Crippen molar-refractivity contribution in [3.05, 3.63) is 85.1 Å². The Morgan fingerprint density at radius 3 is 1.31 bits per heavy atom. The van der Waals surface area contributed by atoms with Crippen molar-refractivity contribution >= 4 is 19.7 Å². The van der Waals surface area contributed by atoms with Crippen molar-refractivity contribution < 1.29 is 37.3 Å². The van der Waals surface area contributed by atoms with Gasteiger partial charge >= 0.3 is 5.97 Å². The van der Waals surface area contributed by atoms with Crippen LogP contribution in [0.2, 0.25) is 0 Å². The lowest BCUT2D eigenvalue weighted by Crippen LogP contribution is -2.47. The van der Waals surface area contributed by atoms with Crippen LogP contribution in [0.4, 0.5) is 0 Å². The number of unbranched alkanes of at least 4 members (excludes halogenated alkanes) is 31. The maximum atomic E-state index is 13.5. The molecule has 3 atom stereocenters. The van der Waals surface area contributed by atoms with Crippen LogP contribution < -0.4 is 10.2 Å². The first-order chi connectivity index (χ1) is 35.9. The number of phosphoric acid groups is 1. The molecule has 0 spiro atoms. The molecule has 0 aromatic heterocycles. The fourth-order valence-electron chi connectivity index (χ4n) is 8.55. The van der Waals surface area contributed by atoms with Gasteiger partial charge in [0.15, 0.2) is 0 Å². The van der Waals surface area contributed by atoms with Gasteiger partial charge in [-0.2, -0.15) is 0 Å². The molecule has 0 bridgehead atoms. The molecule has 0 aromatic carbocycles. The van der Waals surface area contributed by atoms with E-state index in [4.69, 9.17) is 13.8 Å². The third-order valence-corrected chi connectivity index (χ3v) is 14.2. The Kier molecular flexibility index (Phi) is 51.5. The third kappa shape index (κ3) is 54.0. The van der Waals surface area contributed by atoms with Gasteiger partial charge in [0.05, 0.1) is 33.8 Å². The summed E-state index contributed by atoms with van der Waals surface area (Å²) in [7, 11) is 1.15. The summed E-state index contributed by atoms with van der Waals surface area (Å²) >= 11 is 0. The van der Waals surface area contributed by atoms with Crippen LogP contribution in [0.1, 0.15) is 258 Å². The molecule has 0 radical (unpaired) electrons. The Morgan fingerprint density at radius 1 is 0.486 bits per heavy atom. The second-order valence-electron chi connectivity index (χ2n) is 21.6. The van der Waals surface area contributed by atoms with Crippen LogP contribution in [-0.4, -0.2) is 69.4 Å². The minimum absolute atomic E-state index is 0.0322. The highest BCUT2D eigenvalue weighted by molar-refractivity contribution is 7.45. The van der Waals surface area contributed by atoms with Crippen LogP contribution >= 0.6 is 7.82 Å². The standard InChI is InChI=1S/C64H115N2O7P/c1-7-10-13-16-19-22-25-28-30-32-33-35-36-38-41-44-47-50-53-56-63(67)65-61(60-72-74(69,70)71-59-58-66(4,5)6)62(55-52-49-46-43-40-27-24-21-18-15-12-9-3)73-64(68)57-54-51-48-45-42-39-37-34-31-29-26-23-20-17-14-11-8-2/h11,14,17,20,23,26,29,31,34,37,39,42,52,55,61-62H,7-10,12-13,15-16,18-19,21-22,24-25,27-28,30,32-33,35-36,38,40-41,43-51,53-54,56-60H2,1-6H3,(H-,65,67,69,70)/b14-11-,20-17+,26-23+,31-29-,37-34+,42-39+,55-52+. The molecule has 9 nitrogen and oxygen atoms in total. The summed E-state index contributed by atoms with van der Waals surface area (Å²) in [4.78, 5) is 39.9. The molecule has 0 aliphatic heterocycles. The van der Waals surface area contributed by atoms with E-state index in [-0.39, 0.29) is 24.9 Å². The Bertz CT molecular complexity index is 1540. The number of nitrogens with one attached hydrogen (secondary N) is 1. The molecule has 428 valence electrons. The fourth-order valence-corrected chi connectivity index (χ4v) is 9.28. The number of nitrogens with zero attached hydrogens (tertiary/aromatic N) is 1. The Morgan fingerprint density at radius 2 is 0.865 bits per heavy atom. The summed E-state index contributed by atoms with van der Waals surface area (Å²) in [5.41, 5.74) is 0. The summed E-state index contributed by atoms with van der Waals surface area (Å²) in [6.07, 6.45) is 69.8. The number of rotatable bonds is 54. The summed E-state index contributed by atoms with van der Waals surface area (Å²) in [5.74, 6) is -0.589.